The van der Waals surface area contributed by atoms with Crippen molar-refractivity contribution in [3.05, 3.63) is 34.9 Å². The van der Waals surface area contributed by atoms with Gasteiger partial charge in [0.2, 0.25) is 0 Å². The summed E-state index contributed by atoms with van der Waals surface area (Å²) in [5, 5.41) is 0. The Balaban J connectivity index is 2.36. The number of urea groups is 1. The Bertz CT molecular complexity index is 482. The van der Waals surface area contributed by atoms with Gasteiger partial charge >= 0.3 is 6.03 Å². The molecule has 1 heterocycles. The van der Waals surface area contributed by atoms with Crippen molar-refractivity contribution in [2.24, 2.45) is 0 Å². The van der Waals surface area contributed by atoms with Gasteiger partial charge in [0.05, 0.1) is 6.04 Å². The number of benzene rings is 1. The molecule has 0 radical (unpaired) electrons. The Kier molecular flexibility index (Phi) is 3.83. The first-order valence-electron chi connectivity index (χ1n) is 7.07. The van der Waals surface area contributed by atoms with Crippen molar-refractivity contribution in [1.82, 2.24) is 9.80 Å². The van der Waals surface area contributed by atoms with Gasteiger partial charge in [0, 0.05) is 20.1 Å². The van der Waals surface area contributed by atoms with E-state index in [0.717, 1.165) is 13.1 Å². The van der Waals surface area contributed by atoms with E-state index in [1.54, 1.807) is 0 Å². The summed E-state index contributed by atoms with van der Waals surface area (Å²) in [5.74, 6) is 0.518. The van der Waals surface area contributed by atoms with Crippen LogP contribution < -0.4 is 0 Å². The minimum absolute atomic E-state index is 0.141. The molecule has 2 rings (SSSR count). The number of hydrogen-bond donors (Lipinski definition) is 0. The Morgan fingerprint density at radius 3 is 2.58 bits per heavy atom. The van der Waals surface area contributed by atoms with E-state index < -0.39 is 0 Å². The van der Waals surface area contributed by atoms with Crippen molar-refractivity contribution < 1.29 is 4.79 Å². The minimum atomic E-state index is 0.141. The molecule has 0 N–H and O–H groups in total. The fraction of sp³-hybridized carbons (Fsp3) is 0.562. The number of amides is 2. The molecule has 0 bridgehead atoms. The van der Waals surface area contributed by atoms with Crippen LogP contribution >= 0.6 is 0 Å². The Morgan fingerprint density at radius 2 is 2.05 bits per heavy atom. The van der Waals surface area contributed by atoms with Crippen molar-refractivity contribution in [2.75, 3.05) is 20.1 Å². The third kappa shape index (κ3) is 2.46. The van der Waals surface area contributed by atoms with Crippen LogP contribution in [0.5, 0.6) is 0 Å². The molecule has 1 aromatic rings. The van der Waals surface area contributed by atoms with Crippen LogP contribution in [-0.4, -0.2) is 36.0 Å². The summed E-state index contributed by atoms with van der Waals surface area (Å²) in [6.45, 7) is 10.2. The van der Waals surface area contributed by atoms with E-state index in [2.05, 4.69) is 39.0 Å². The van der Waals surface area contributed by atoms with Crippen molar-refractivity contribution in [3.63, 3.8) is 0 Å². The van der Waals surface area contributed by atoms with E-state index in [4.69, 9.17) is 0 Å². The zero-order chi connectivity index (χ0) is 14.2. The molecule has 1 atom stereocenters. The summed E-state index contributed by atoms with van der Waals surface area (Å²) in [5.41, 5.74) is 3.90. The summed E-state index contributed by atoms with van der Waals surface area (Å²) in [4.78, 5) is 15.9. The first kappa shape index (κ1) is 13.9. The lowest BCUT2D eigenvalue weighted by Crippen LogP contribution is -2.29. The van der Waals surface area contributed by atoms with Crippen LogP contribution in [0.3, 0.4) is 0 Å². The standard InChI is InChI=1S/C16H24N2O/c1-6-18-10-15(17(5)16(18)19)14-9-13(11(2)3)8-7-12(14)4/h7-9,11,15H,6,10H2,1-5H3. The van der Waals surface area contributed by atoms with Gasteiger partial charge in [-0.05, 0) is 36.5 Å². The van der Waals surface area contributed by atoms with Gasteiger partial charge in [-0.3, -0.25) is 0 Å². The van der Waals surface area contributed by atoms with Gasteiger partial charge in [-0.25, -0.2) is 4.79 Å². The summed E-state index contributed by atoms with van der Waals surface area (Å²) >= 11 is 0. The number of aryl methyl sites for hydroxylation is 1. The third-order valence-electron chi connectivity index (χ3n) is 4.14. The molecular formula is C16H24N2O. The molecule has 19 heavy (non-hydrogen) atoms. The van der Waals surface area contributed by atoms with Gasteiger partial charge in [-0.15, -0.1) is 0 Å². The fourth-order valence-corrected chi connectivity index (χ4v) is 2.71. The maximum atomic E-state index is 12.1. The van der Waals surface area contributed by atoms with Crippen LogP contribution in [0.1, 0.15) is 49.4 Å². The summed E-state index contributed by atoms with van der Waals surface area (Å²) < 4.78 is 0. The molecule has 0 spiro atoms. The largest absolute Gasteiger partial charge is 0.323 e. The Hall–Kier alpha value is -1.51. The average Bonchev–Trinajstić information content (AvgIpc) is 2.66. The first-order valence-corrected chi connectivity index (χ1v) is 7.07. The first-order chi connectivity index (χ1) is 8.95. The SMILES string of the molecule is CCN1CC(c2cc(C(C)C)ccc2C)N(C)C1=O. The van der Waals surface area contributed by atoms with Crippen LogP contribution in [0.25, 0.3) is 0 Å². The molecule has 0 saturated carbocycles. The molecule has 2 amide bonds. The summed E-state index contributed by atoms with van der Waals surface area (Å²) in [6.07, 6.45) is 0. The molecule has 1 aliphatic heterocycles. The predicted molar refractivity (Wildman–Crippen MR) is 78.4 cm³/mol. The van der Waals surface area contributed by atoms with Gasteiger partial charge in [0.25, 0.3) is 0 Å². The second-order valence-electron chi connectivity index (χ2n) is 5.72. The molecule has 1 fully saturated rings. The second kappa shape index (κ2) is 5.24. The summed E-state index contributed by atoms with van der Waals surface area (Å²) in [7, 11) is 1.91. The maximum Gasteiger partial charge on any atom is 0.320 e. The highest BCUT2D eigenvalue weighted by Crippen LogP contribution is 2.31. The van der Waals surface area contributed by atoms with E-state index >= 15 is 0 Å². The number of carbonyl (C=O) groups excluding carboxylic acids is 1. The summed E-state index contributed by atoms with van der Waals surface area (Å²) in [6, 6.07) is 6.97. The molecular weight excluding hydrogens is 236 g/mol. The van der Waals surface area contributed by atoms with Crippen molar-refractivity contribution in [2.45, 2.75) is 39.7 Å². The van der Waals surface area contributed by atoms with Gasteiger partial charge in [-0.2, -0.15) is 0 Å². The molecule has 0 aromatic heterocycles. The number of likely N-dealkylation sites (N-methyl/N-ethyl adjacent to an activating group) is 2. The van der Waals surface area contributed by atoms with Crippen LogP contribution in [-0.2, 0) is 0 Å². The molecule has 0 aliphatic carbocycles. The molecule has 1 unspecified atom stereocenters. The van der Waals surface area contributed by atoms with E-state index in [1.807, 2.05) is 23.8 Å². The van der Waals surface area contributed by atoms with Crippen LogP contribution in [0, 0.1) is 6.92 Å². The average molecular weight is 260 g/mol. The quantitative estimate of drug-likeness (QED) is 0.815. The highest BCUT2D eigenvalue weighted by molar-refractivity contribution is 5.77. The zero-order valence-electron chi connectivity index (χ0n) is 12.6. The zero-order valence-corrected chi connectivity index (χ0v) is 12.6. The Morgan fingerprint density at radius 1 is 1.37 bits per heavy atom. The van der Waals surface area contributed by atoms with Crippen molar-refractivity contribution in [3.8, 4) is 0 Å². The normalized spacial score (nSPS) is 19.7. The van der Waals surface area contributed by atoms with Crippen LogP contribution in [0.15, 0.2) is 18.2 Å². The minimum Gasteiger partial charge on any atom is -0.323 e. The highest BCUT2D eigenvalue weighted by atomic mass is 16.2. The predicted octanol–water partition coefficient (Wildman–Crippen LogP) is 3.55. The molecule has 3 heteroatoms. The van der Waals surface area contributed by atoms with Crippen LogP contribution in [0.2, 0.25) is 0 Å². The van der Waals surface area contributed by atoms with Gasteiger partial charge in [0.1, 0.15) is 0 Å². The van der Waals surface area contributed by atoms with Gasteiger partial charge in [0.15, 0.2) is 0 Å². The lowest BCUT2D eigenvalue weighted by molar-refractivity contribution is 0.197. The van der Waals surface area contributed by atoms with E-state index in [9.17, 15) is 4.79 Å². The monoisotopic (exact) mass is 260 g/mol. The topological polar surface area (TPSA) is 23.6 Å². The van der Waals surface area contributed by atoms with E-state index in [-0.39, 0.29) is 12.1 Å². The van der Waals surface area contributed by atoms with Crippen molar-refractivity contribution in [1.29, 1.82) is 0 Å². The maximum absolute atomic E-state index is 12.1. The van der Waals surface area contributed by atoms with Crippen molar-refractivity contribution >= 4 is 6.03 Å². The lowest BCUT2D eigenvalue weighted by Gasteiger charge is -2.21. The number of carbonyl (C=O) groups is 1. The van der Waals surface area contributed by atoms with Gasteiger partial charge in [-0.1, -0.05) is 32.0 Å². The second-order valence-corrected chi connectivity index (χ2v) is 5.72. The molecule has 3 nitrogen and oxygen atoms in total. The molecule has 1 aliphatic rings. The highest BCUT2D eigenvalue weighted by Gasteiger charge is 2.35. The number of hydrogen-bond acceptors (Lipinski definition) is 1. The molecule has 1 saturated heterocycles. The number of rotatable bonds is 3. The fourth-order valence-electron chi connectivity index (χ4n) is 2.71. The Labute approximate surface area is 116 Å². The lowest BCUT2D eigenvalue weighted by atomic mass is 9.94. The number of nitrogens with zero attached hydrogens (tertiary/aromatic N) is 2. The van der Waals surface area contributed by atoms with Crippen LogP contribution in [0.4, 0.5) is 4.79 Å². The molecule has 104 valence electrons. The van der Waals surface area contributed by atoms with E-state index in [0.29, 0.717) is 5.92 Å². The van der Waals surface area contributed by atoms with E-state index in [1.165, 1.54) is 16.7 Å². The molecule has 1 aromatic carbocycles. The third-order valence-corrected chi connectivity index (χ3v) is 4.14. The smallest absolute Gasteiger partial charge is 0.320 e. The van der Waals surface area contributed by atoms with Gasteiger partial charge < -0.3 is 9.80 Å².